The Kier molecular flexibility index (Phi) is 3.56. The summed E-state index contributed by atoms with van der Waals surface area (Å²) in [6.07, 6.45) is 0. The Bertz CT molecular complexity index is 564. The van der Waals surface area contributed by atoms with Crippen molar-refractivity contribution in [2.75, 3.05) is 20.3 Å². The quantitative estimate of drug-likeness (QED) is 0.851. The minimum atomic E-state index is -0.959. The van der Waals surface area contributed by atoms with Crippen molar-refractivity contribution in [1.82, 2.24) is 0 Å². The maximum atomic E-state index is 10.4. The minimum Gasteiger partial charge on any atom is -0.496 e. The second-order valence-corrected chi connectivity index (χ2v) is 7.07. The molecule has 1 aromatic carbocycles. The van der Waals surface area contributed by atoms with Crippen molar-refractivity contribution >= 4 is 12.6 Å². The molecule has 6 heteroatoms. The average molecular weight is 306 g/mol. The van der Waals surface area contributed by atoms with Gasteiger partial charge >= 0.3 is 7.12 Å². The molecule has 120 valence electrons. The summed E-state index contributed by atoms with van der Waals surface area (Å²) in [4.78, 5) is 0. The lowest BCUT2D eigenvalue weighted by atomic mass is 9.77. The topological polar surface area (TPSA) is 57.2 Å². The molecule has 2 fully saturated rings. The third kappa shape index (κ3) is 2.34. The predicted octanol–water partition coefficient (Wildman–Crippen LogP) is 1.21. The van der Waals surface area contributed by atoms with Crippen molar-refractivity contribution in [3.05, 3.63) is 23.8 Å². The molecule has 5 nitrogen and oxygen atoms in total. The number of hydrogen-bond donors (Lipinski definition) is 1. The zero-order chi connectivity index (χ0) is 16.2. The summed E-state index contributed by atoms with van der Waals surface area (Å²) in [7, 11) is 1.15. The van der Waals surface area contributed by atoms with Gasteiger partial charge in [0.1, 0.15) is 11.4 Å². The Morgan fingerprint density at radius 3 is 2.14 bits per heavy atom. The number of benzene rings is 1. The number of rotatable bonds is 3. The molecule has 22 heavy (non-hydrogen) atoms. The van der Waals surface area contributed by atoms with E-state index in [0.29, 0.717) is 19.0 Å². The van der Waals surface area contributed by atoms with Gasteiger partial charge < -0.3 is 23.9 Å². The van der Waals surface area contributed by atoms with Crippen molar-refractivity contribution < 1.29 is 23.9 Å². The van der Waals surface area contributed by atoms with Crippen molar-refractivity contribution in [1.29, 1.82) is 0 Å². The van der Waals surface area contributed by atoms with E-state index in [9.17, 15) is 5.11 Å². The van der Waals surface area contributed by atoms with Gasteiger partial charge in [-0.25, -0.2) is 0 Å². The molecule has 0 unspecified atom stereocenters. The average Bonchev–Trinajstić information content (AvgIpc) is 2.64. The van der Waals surface area contributed by atoms with Crippen molar-refractivity contribution in [3.63, 3.8) is 0 Å². The molecule has 2 saturated heterocycles. The highest BCUT2D eigenvalue weighted by atomic mass is 16.7. The predicted molar refractivity (Wildman–Crippen MR) is 83.4 cm³/mol. The highest BCUT2D eigenvalue weighted by molar-refractivity contribution is 6.62. The van der Waals surface area contributed by atoms with Gasteiger partial charge in [-0.2, -0.15) is 0 Å². The summed E-state index contributed by atoms with van der Waals surface area (Å²) >= 11 is 0. The Balaban J connectivity index is 1.91. The van der Waals surface area contributed by atoms with Crippen LogP contribution in [0.2, 0.25) is 0 Å². The van der Waals surface area contributed by atoms with Crippen LogP contribution in [0.5, 0.6) is 5.75 Å². The molecule has 2 aliphatic heterocycles. The maximum absolute atomic E-state index is 10.4. The Morgan fingerprint density at radius 2 is 1.68 bits per heavy atom. The summed E-state index contributed by atoms with van der Waals surface area (Å²) < 4.78 is 22.7. The first-order valence-corrected chi connectivity index (χ1v) is 7.53. The van der Waals surface area contributed by atoms with Gasteiger partial charge in [0, 0.05) is 5.56 Å². The Morgan fingerprint density at radius 1 is 1.09 bits per heavy atom. The lowest BCUT2D eigenvalue weighted by molar-refractivity contribution is -0.185. The molecular weight excluding hydrogens is 283 g/mol. The highest BCUT2D eigenvalue weighted by Gasteiger charge is 2.52. The van der Waals surface area contributed by atoms with Crippen molar-refractivity contribution in [2.24, 2.45) is 0 Å². The van der Waals surface area contributed by atoms with Crippen LogP contribution in [0.25, 0.3) is 0 Å². The first kappa shape index (κ1) is 15.8. The summed E-state index contributed by atoms with van der Waals surface area (Å²) in [5.41, 5.74) is -0.114. The molecule has 0 bridgehead atoms. The molecule has 0 aliphatic carbocycles. The number of aliphatic hydroxyl groups is 1. The standard InChI is InChI=1S/C16H23BO5/c1-14(2)15(3,4)22-17(21-14)11-6-7-12(13(8-11)19-5)16(18)9-20-10-16/h6-8,18H,9-10H2,1-5H3. The zero-order valence-corrected chi connectivity index (χ0v) is 13.8. The van der Waals surface area contributed by atoms with E-state index in [1.54, 1.807) is 7.11 Å². The van der Waals surface area contributed by atoms with Crippen LogP contribution in [0.15, 0.2) is 18.2 Å². The smallest absolute Gasteiger partial charge is 0.494 e. The highest BCUT2D eigenvalue weighted by Crippen LogP contribution is 2.38. The van der Waals surface area contributed by atoms with Crippen LogP contribution in [0, 0.1) is 0 Å². The maximum Gasteiger partial charge on any atom is 0.494 e. The van der Waals surface area contributed by atoms with Crippen LogP contribution in [-0.2, 0) is 19.6 Å². The summed E-state index contributed by atoms with van der Waals surface area (Å²) in [6, 6.07) is 5.64. The van der Waals surface area contributed by atoms with E-state index in [1.807, 2.05) is 45.9 Å². The van der Waals surface area contributed by atoms with E-state index >= 15 is 0 Å². The fourth-order valence-electron chi connectivity index (χ4n) is 2.67. The molecule has 0 spiro atoms. The summed E-state index contributed by atoms with van der Waals surface area (Å²) in [5, 5.41) is 10.4. The molecule has 1 N–H and O–H groups in total. The van der Waals surface area contributed by atoms with Crippen LogP contribution < -0.4 is 10.2 Å². The van der Waals surface area contributed by atoms with Crippen molar-refractivity contribution in [2.45, 2.75) is 44.5 Å². The largest absolute Gasteiger partial charge is 0.496 e. The molecule has 0 amide bonds. The summed E-state index contributed by atoms with van der Waals surface area (Å²) in [5.74, 6) is 0.623. The Hall–Kier alpha value is -1.08. The third-order valence-corrected chi connectivity index (χ3v) is 4.93. The van der Waals surface area contributed by atoms with E-state index < -0.39 is 12.7 Å². The van der Waals surface area contributed by atoms with E-state index in [0.717, 1.165) is 11.0 Å². The Labute approximate surface area is 131 Å². The van der Waals surface area contributed by atoms with Gasteiger partial charge in [-0.05, 0) is 39.2 Å². The van der Waals surface area contributed by atoms with Gasteiger partial charge in [-0.15, -0.1) is 0 Å². The number of ether oxygens (including phenoxy) is 2. The lowest BCUT2D eigenvalue weighted by Crippen LogP contribution is -2.47. The molecular formula is C16H23BO5. The minimum absolute atomic E-state index is 0.291. The van der Waals surface area contributed by atoms with Gasteiger partial charge in [0.15, 0.2) is 0 Å². The fraction of sp³-hybridized carbons (Fsp3) is 0.625. The molecule has 2 heterocycles. The second kappa shape index (κ2) is 4.96. The van der Waals surface area contributed by atoms with Crippen LogP contribution >= 0.6 is 0 Å². The molecule has 3 rings (SSSR count). The van der Waals surface area contributed by atoms with Gasteiger partial charge in [-0.1, -0.05) is 12.1 Å². The number of methoxy groups -OCH3 is 1. The van der Waals surface area contributed by atoms with E-state index in [-0.39, 0.29) is 11.2 Å². The SMILES string of the molecule is COc1cc(B2OC(C)(C)C(C)(C)O2)ccc1C1(O)COC1. The molecule has 0 atom stereocenters. The monoisotopic (exact) mass is 306 g/mol. The normalized spacial score (nSPS) is 24.9. The van der Waals surface area contributed by atoms with Crippen LogP contribution in [0.4, 0.5) is 0 Å². The molecule has 0 aromatic heterocycles. The second-order valence-electron chi connectivity index (χ2n) is 7.07. The van der Waals surface area contributed by atoms with Gasteiger partial charge in [0.2, 0.25) is 0 Å². The first-order valence-electron chi connectivity index (χ1n) is 7.53. The van der Waals surface area contributed by atoms with E-state index in [1.165, 1.54) is 0 Å². The molecule has 0 radical (unpaired) electrons. The van der Waals surface area contributed by atoms with Gasteiger partial charge in [0.25, 0.3) is 0 Å². The summed E-state index contributed by atoms with van der Waals surface area (Å²) in [6.45, 7) is 8.67. The van der Waals surface area contributed by atoms with Crippen LogP contribution in [-0.4, -0.2) is 43.8 Å². The molecule has 0 saturated carbocycles. The molecule has 1 aromatic rings. The fourth-order valence-corrected chi connectivity index (χ4v) is 2.67. The zero-order valence-electron chi connectivity index (χ0n) is 13.8. The van der Waals surface area contributed by atoms with Crippen LogP contribution in [0.1, 0.15) is 33.3 Å². The third-order valence-electron chi connectivity index (χ3n) is 4.93. The van der Waals surface area contributed by atoms with E-state index in [4.69, 9.17) is 18.8 Å². The van der Waals surface area contributed by atoms with Crippen LogP contribution in [0.3, 0.4) is 0 Å². The van der Waals surface area contributed by atoms with Crippen molar-refractivity contribution in [3.8, 4) is 5.75 Å². The van der Waals surface area contributed by atoms with Gasteiger partial charge in [0.05, 0.1) is 31.5 Å². The molecule has 2 aliphatic rings. The number of hydrogen-bond acceptors (Lipinski definition) is 5. The van der Waals surface area contributed by atoms with E-state index in [2.05, 4.69) is 0 Å². The first-order chi connectivity index (χ1) is 10.2. The lowest BCUT2D eigenvalue weighted by Gasteiger charge is -2.37. The van der Waals surface area contributed by atoms with Gasteiger partial charge in [-0.3, -0.25) is 0 Å².